The van der Waals surface area contributed by atoms with Crippen molar-refractivity contribution in [3.05, 3.63) is 62.3 Å². The summed E-state index contributed by atoms with van der Waals surface area (Å²) in [6.07, 6.45) is 0.0488. The average Bonchev–Trinajstić information content (AvgIpc) is 2.38. The third-order valence-corrected chi connectivity index (χ3v) is 3.58. The largest absolute Gasteiger partial charge is 0.411 e. The summed E-state index contributed by atoms with van der Waals surface area (Å²) < 4.78 is 27.5. The molecule has 0 aliphatic rings. The third-order valence-electron chi connectivity index (χ3n) is 2.50. The molecule has 0 aliphatic heterocycles. The molecule has 3 nitrogen and oxygen atoms in total. The molecule has 0 spiro atoms. The van der Waals surface area contributed by atoms with E-state index in [-0.39, 0.29) is 12.1 Å². The lowest BCUT2D eigenvalue weighted by atomic mass is 10.1. The molecule has 1 heterocycles. The van der Waals surface area contributed by atoms with Gasteiger partial charge in [-0.25, -0.2) is 13.8 Å². The number of oxime groups is 1. The Bertz CT molecular complexity index is 657. The minimum absolute atomic E-state index is 0.0488. The van der Waals surface area contributed by atoms with Crippen LogP contribution in [0.3, 0.4) is 0 Å². The Kier molecular flexibility index (Phi) is 4.82. The molecule has 2 rings (SSSR count). The lowest BCUT2D eigenvalue weighted by molar-refractivity contribution is 0.318. The Morgan fingerprint density at radius 3 is 2.40 bits per heavy atom. The molecule has 0 bridgehead atoms. The molecule has 0 amide bonds. The zero-order valence-corrected chi connectivity index (χ0v) is 13.1. The van der Waals surface area contributed by atoms with Gasteiger partial charge in [0.25, 0.3) is 0 Å². The highest BCUT2D eigenvalue weighted by Gasteiger charge is 2.13. The fourth-order valence-corrected chi connectivity index (χ4v) is 2.45. The highest BCUT2D eigenvalue weighted by Crippen LogP contribution is 2.20. The van der Waals surface area contributed by atoms with Gasteiger partial charge >= 0.3 is 0 Å². The fourth-order valence-electron chi connectivity index (χ4n) is 1.69. The van der Waals surface area contributed by atoms with Gasteiger partial charge in [-0.15, -0.1) is 0 Å². The van der Waals surface area contributed by atoms with Crippen molar-refractivity contribution in [3.8, 4) is 0 Å². The molecule has 104 valence electrons. The first-order valence-corrected chi connectivity index (χ1v) is 7.06. The van der Waals surface area contributed by atoms with Gasteiger partial charge in [0.05, 0.1) is 0 Å². The van der Waals surface area contributed by atoms with Crippen molar-refractivity contribution in [2.45, 2.75) is 6.42 Å². The summed E-state index contributed by atoms with van der Waals surface area (Å²) in [5.74, 6) is -1.36. The second kappa shape index (κ2) is 6.41. The highest BCUT2D eigenvalue weighted by atomic mass is 79.9. The van der Waals surface area contributed by atoms with Gasteiger partial charge in [0, 0.05) is 17.0 Å². The van der Waals surface area contributed by atoms with E-state index in [2.05, 4.69) is 42.0 Å². The van der Waals surface area contributed by atoms with Crippen LogP contribution >= 0.6 is 31.9 Å². The van der Waals surface area contributed by atoms with Gasteiger partial charge in [-0.05, 0) is 61.7 Å². The van der Waals surface area contributed by atoms with Crippen molar-refractivity contribution in [1.29, 1.82) is 0 Å². The standard InChI is InChI=1S/C13H8Br2F2N2O/c14-10-1-2-12(15)18-13(10)11(19-20)5-7-3-8(16)6-9(17)4-7/h1-4,6,20H,5H2/b19-11-. The van der Waals surface area contributed by atoms with Gasteiger partial charge in [-0.2, -0.15) is 0 Å². The summed E-state index contributed by atoms with van der Waals surface area (Å²) in [4.78, 5) is 4.18. The first-order chi connectivity index (χ1) is 9.49. The normalized spacial score (nSPS) is 11.7. The second-order valence-electron chi connectivity index (χ2n) is 3.97. The molecule has 20 heavy (non-hydrogen) atoms. The van der Waals surface area contributed by atoms with E-state index >= 15 is 0 Å². The van der Waals surface area contributed by atoms with Crippen LogP contribution in [0.4, 0.5) is 8.78 Å². The summed E-state index contributed by atoms with van der Waals surface area (Å²) in [5, 5.41) is 12.3. The summed E-state index contributed by atoms with van der Waals surface area (Å²) in [7, 11) is 0. The number of hydrogen-bond donors (Lipinski definition) is 1. The number of aromatic nitrogens is 1. The van der Waals surface area contributed by atoms with Gasteiger partial charge < -0.3 is 5.21 Å². The van der Waals surface area contributed by atoms with Crippen LogP contribution in [-0.2, 0) is 6.42 Å². The molecule has 2 aromatic rings. The van der Waals surface area contributed by atoms with Gasteiger partial charge in [-0.3, -0.25) is 0 Å². The monoisotopic (exact) mass is 404 g/mol. The van der Waals surface area contributed by atoms with Crippen molar-refractivity contribution in [3.63, 3.8) is 0 Å². The average molecular weight is 406 g/mol. The Morgan fingerprint density at radius 2 is 1.80 bits per heavy atom. The predicted octanol–water partition coefficient (Wildman–Crippen LogP) is 4.31. The van der Waals surface area contributed by atoms with Gasteiger partial charge in [0.2, 0.25) is 0 Å². The number of benzene rings is 1. The van der Waals surface area contributed by atoms with E-state index in [0.717, 1.165) is 6.07 Å². The number of pyridine rings is 1. The molecule has 0 fully saturated rings. The van der Waals surface area contributed by atoms with E-state index < -0.39 is 11.6 Å². The Labute approximate surface area is 130 Å². The van der Waals surface area contributed by atoms with Crippen molar-refractivity contribution in [2.24, 2.45) is 5.16 Å². The zero-order valence-electron chi connectivity index (χ0n) is 9.95. The van der Waals surface area contributed by atoms with Crippen LogP contribution in [0.2, 0.25) is 0 Å². The minimum Gasteiger partial charge on any atom is -0.411 e. The van der Waals surface area contributed by atoms with E-state index in [4.69, 9.17) is 5.21 Å². The van der Waals surface area contributed by atoms with Crippen molar-refractivity contribution in [2.75, 3.05) is 0 Å². The maximum absolute atomic E-state index is 13.2. The molecule has 7 heteroatoms. The molecular weight excluding hydrogens is 398 g/mol. The van der Waals surface area contributed by atoms with Crippen LogP contribution in [0, 0.1) is 11.6 Å². The smallest absolute Gasteiger partial charge is 0.126 e. The van der Waals surface area contributed by atoms with Gasteiger partial charge in [-0.1, -0.05) is 5.16 Å². The fraction of sp³-hybridized carbons (Fsp3) is 0.0769. The Morgan fingerprint density at radius 1 is 1.15 bits per heavy atom. The molecule has 0 saturated carbocycles. The number of nitrogens with zero attached hydrogens (tertiary/aromatic N) is 2. The summed E-state index contributed by atoms with van der Waals surface area (Å²) in [5.41, 5.74) is 0.943. The first kappa shape index (κ1) is 15.1. The Hall–Kier alpha value is -1.34. The van der Waals surface area contributed by atoms with Crippen LogP contribution in [0.5, 0.6) is 0 Å². The Balaban J connectivity index is 2.36. The van der Waals surface area contributed by atoms with Crippen molar-refractivity contribution >= 4 is 37.6 Å². The SMILES string of the molecule is O/N=C(/Cc1cc(F)cc(F)c1)c1nc(Br)ccc1Br. The molecule has 1 aromatic heterocycles. The molecule has 0 unspecified atom stereocenters. The predicted molar refractivity (Wildman–Crippen MR) is 78.0 cm³/mol. The van der Waals surface area contributed by atoms with E-state index in [9.17, 15) is 8.78 Å². The lowest BCUT2D eigenvalue weighted by Crippen LogP contribution is -2.09. The lowest BCUT2D eigenvalue weighted by Gasteiger charge is -2.07. The molecule has 0 aliphatic carbocycles. The maximum Gasteiger partial charge on any atom is 0.126 e. The summed E-state index contributed by atoms with van der Waals surface area (Å²) >= 11 is 6.50. The number of halogens is 4. The van der Waals surface area contributed by atoms with Crippen LogP contribution < -0.4 is 0 Å². The molecule has 0 saturated heterocycles. The quantitative estimate of drug-likeness (QED) is 0.358. The minimum atomic E-state index is -0.682. The molecule has 1 N–H and O–H groups in total. The molecule has 1 aromatic carbocycles. The maximum atomic E-state index is 13.2. The molecular formula is C13H8Br2F2N2O. The van der Waals surface area contributed by atoms with Crippen LogP contribution in [-0.4, -0.2) is 15.9 Å². The molecule has 0 atom stereocenters. The van der Waals surface area contributed by atoms with E-state index in [1.807, 2.05) is 0 Å². The van der Waals surface area contributed by atoms with E-state index in [1.165, 1.54) is 12.1 Å². The summed E-state index contributed by atoms with van der Waals surface area (Å²) in [6, 6.07) is 6.58. The first-order valence-electron chi connectivity index (χ1n) is 5.48. The van der Waals surface area contributed by atoms with Gasteiger partial charge in [0.15, 0.2) is 0 Å². The topological polar surface area (TPSA) is 45.5 Å². The number of hydrogen-bond acceptors (Lipinski definition) is 3. The summed E-state index contributed by atoms with van der Waals surface area (Å²) in [6.45, 7) is 0. The highest BCUT2D eigenvalue weighted by molar-refractivity contribution is 9.11. The van der Waals surface area contributed by atoms with Crippen molar-refractivity contribution < 1.29 is 14.0 Å². The van der Waals surface area contributed by atoms with Crippen molar-refractivity contribution in [1.82, 2.24) is 4.98 Å². The second-order valence-corrected chi connectivity index (χ2v) is 5.63. The van der Waals surface area contributed by atoms with Crippen LogP contribution in [0.25, 0.3) is 0 Å². The van der Waals surface area contributed by atoms with E-state index in [0.29, 0.717) is 20.3 Å². The van der Waals surface area contributed by atoms with E-state index in [1.54, 1.807) is 12.1 Å². The molecule has 0 radical (unpaired) electrons. The number of rotatable bonds is 3. The zero-order chi connectivity index (χ0) is 14.7. The van der Waals surface area contributed by atoms with Crippen LogP contribution in [0.1, 0.15) is 11.3 Å². The van der Waals surface area contributed by atoms with Crippen LogP contribution in [0.15, 0.2) is 44.6 Å². The third kappa shape index (κ3) is 3.61. The van der Waals surface area contributed by atoms with Gasteiger partial charge in [0.1, 0.15) is 27.6 Å².